The number of amides is 2. The molecule has 1 aliphatic carbocycles. The van der Waals surface area contributed by atoms with E-state index in [0.717, 1.165) is 74.7 Å². The van der Waals surface area contributed by atoms with Crippen molar-refractivity contribution in [2.45, 2.75) is 50.4 Å². The largest absolute Gasteiger partial charge is 0.335 e. The SMILES string of the molecule is O=C(NC1CCCC1)N1CCN(CCn2nc3c(cc2=O)CSCC3)CC1. The highest BCUT2D eigenvalue weighted by Gasteiger charge is 2.24. The van der Waals surface area contributed by atoms with E-state index >= 15 is 0 Å². The van der Waals surface area contributed by atoms with Crippen molar-refractivity contribution in [3.05, 3.63) is 27.7 Å². The summed E-state index contributed by atoms with van der Waals surface area (Å²) in [5.41, 5.74) is 2.20. The Morgan fingerprint density at radius 2 is 1.96 bits per heavy atom. The summed E-state index contributed by atoms with van der Waals surface area (Å²) < 4.78 is 1.62. The van der Waals surface area contributed by atoms with Gasteiger partial charge in [0.1, 0.15) is 0 Å². The van der Waals surface area contributed by atoms with Gasteiger partial charge in [0, 0.05) is 57.0 Å². The molecule has 1 aromatic heterocycles. The van der Waals surface area contributed by atoms with Crippen LogP contribution in [0.3, 0.4) is 0 Å². The monoisotopic (exact) mass is 391 g/mol. The minimum atomic E-state index is 0.00540. The summed E-state index contributed by atoms with van der Waals surface area (Å²) in [5.74, 6) is 1.99. The summed E-state index contributed by atoms with van der Waals surface area (Å²) >= 11 is 1.87. The molecule has 1 saturated heterocycles. The molecule has 0 spiro atoms. The van der Waals surface area contributed by atoms with E-state index in [2.05, 4.69) is 15.3 Å². The van der Waals surface area contributed by atoms with Gasteiger partial charge in [-0.15, -0.1) is 0 Å². The first-order valence-corrected chi connectivity index (χ1v) is 11.3. The minimum absolute atomic E-state index is 0.00540. The molecule has 7 nitrogen and oxygen atoms in total. The van der Waals surface area contributed by atoms with Crippen molar-refractivity contribution >= 4 is 17.8 Å². The molecule has 4 rings (SSSR count). The van der Waals surface area contributed by atoms with Gasteiger partial charge < -0.3 is 10.2 Å². The number of aromatic nitrogens is 2. The molecule has 0 unspecified atom stereocenters. The molecule has 1 saturated carbocycles. The molecule has 8 heteroatoms. The maximum Gasteiger partial charge on any atom is 0.317 e. The summed E-state index contributed by atoms with van der Waals surface area (Å²) in [5, 5.41) is 7.76. The topological polar surface area (TPSA) is 70.5 Å². The maximum atomic E-state index is 12.4. The second kappa shape index (κ2) is 8.65. The maximum absolute atomic E-state index is 12.4. The first-order valence-electron chi connectivity index (χ1n) is 10.1. The Balaban J connectivity index is 1.25. The van der Waals surface area contributed by atoms with Crippen LogP contribution in [0.1, 0.15) is 36.9 Å². The molecule has 27 heavy (non-hydrogen) atoms. The van der Waals surface area contributed by atoms with Crippen LogP contribution in [0, 0.1) is 0 Å². The summed E-state index contributed by atoms with van der Waals surface area (Å²) in [6.45, 7) is 4.64. The number of carbonyl (C=O) groups excluding carboxylic acids is 1. The Labute approximate surface area is 164 Å². The summed E-state index contributed by atoms with van der Waals surface area (Å²) in [4.78, 5) is 28.9. The number of hydrogen-bond donors (Lipinski definition) is 1. The van der Waals surface area contributed by atoms with Crippen LogP contribution in [0.4, 0.5) is 4.79 Å². The number of piperazine rings is 1. The molecule has 1 aromatic rings. The number of aryl methyl sites for hydroxylation is 1. The molecule has 3 heterocycles. The Morgan fingerprint density at radius 3 is 2.74 bits per heavy atom. The lowest BCUT2D eigenvalue weighted by Gasteiger charge is -2.35. The molecule has 0 atom stereocenters. The first kappa shape index (κ1) is 18.8. The summed E-state index contributed by atoms with van der Waals surface area (Å²) in [7, 11) is 0. The average molecular weight is 392 g/mol. The summed E-state index contributed by atoms with van der Waals surface area (Å²) in [6.07, 6.45) is 5.65. The molecule has 2 fully saturated rings. The zero-order valence-corrected chi connectivity index (χ0v) is 16.7. The Kier molecular flexibility index (Phi) is 6.02. The van der Waals surface area contributed by atoms with Crippen molar-refractivity contribution in [1.82, 2.24) is 24.9 Å². The zero-order valence-electron chi connectivity index (χ0n) is 15.9. The minimum Gasteiger partial charge on any atom is -0.335 e. The fourth-order valence-electron chi connectivity index (χ4n) is 4.16. The molecule has 3 aliphatic rings. The van der Waals surface area contributed by atoms with Crippen LogP contribution in [0.5, 0.6) is 0 Å². The van der Waals surface area contributed by atoms with Gasteiger partial charge in [-0.1, -0.05) is 12.8 Å². The number of carbonyl (C=O) groups is 1. The third-order valence-corrected chi connectivity index (χ3v) is 6.88. The predicted octanol–water partition coefficient (Wildman–Crippen LogP) is 1.30. The normalized spacial score (nSPS) is 21.3. The summed E-state index contributed by atoms with van der Waals surface area (Å²) in [6, 6.07) is 2.22. The second-order valence-corrected chi connectivity index (χ2v) is 8.84. The number of urea groups is 1. The number of rotatable bonds is 4. The first-order chi connectivity index (χ1) is 13.2. The number of nitrogens with one attached hydrogen (secondary N) is 1. The lowest BCUT2D eigenvalue weighted by Crippen LogP contribution is -2.53. The number of hydrogen-bond acceptors (Lipinski definition) is 5. The van der Waals surface area contributed by atoms with Crippen molar-refractivity contribution < 1.29 is 4.79 Å². The van der Waals surface area contributed by atoms with E-state index in [4.69, 9.17) is 0 Å². The number of nitrogens with zero attached hydrogens (tertiary/aromatic N) is 4. The third kappa shape index (κ3) is 4.66. The van der Waals surface area contributed by atoms with Gasteiger partial charge >= 0.3 is 6.03 Å². The van der Waals surface area contributed by atoms with Crippen LogP contribution in [0.25, 0.3) is 0 Å². The van der Waals surface area contributed by atoms with Crippen LogP contribution in [-0.2, 0) is 18.7 Å². The molecule has 2 amide bonds. The van der Waals surface area contributed by atoms with E-state index in [1.807, 2.05) is 16.7 Å². The second-order valence-electron chi connectivity index (χ2n) is 7.74. The highest BCUT2D eigenvalue weighted by molar-refractivity contribution is 7.98. The van der Waals surface area contributed by atoms with Crippen molar-refractivity contribution in [3.63, 3.8) is 0 Å². The van der Waals surface area contributed by atoms with E-state index in [1.54, 1.807) is 10.7 Å². The lowest BCUT2D eigenvalue weighted by molar-refractivity contribution is 0.133. The Bertz CT molecular complexity index is 723. The van der Waals surface area contributed by atoms with Gasteiger partial charge in [0.25, 0.3) is 5.56 Å². The van der Waals surface area contributed by atoms with Gasteiger partial charge in [-0.2, -0.15) is 16.9 Å². The van der Waals surface area contributed by atoms with E-state index < -0.39 is 0 Å². The molecular formula is C19H29N5O2S. The van der Waals surface area contributed by atoms with Crippen LogP contribution in [-0.4, -0.2) is 70.1 Å². The fraction of sp³-hybridized carbons (Fsp3) is 0.737. The fourth-order valence-corrected chi connectivity index (χ4v) is 5.11. The highest BCUT2D eigenvalue weighted by Crippen LogP contribution is 2.21. The molecule has 1 N–H and O–H groups in total. The van der Waals surface area contributed by atoms with E-state index in [9.17, 15) is 9.59 Å². The Morgan fingerprint density at radius 1 is 1.19 bits per heavy atom. The third-order valence-electron chi connectivity index (χ3n) is 5.88. The van der Waals surface area contributed by atoms with Gasteiger partial charge in [-0.05, 0) is 24.2 Å². The Hall–Kier alpha value is -1.54. The molecular weight excluding hydrogens is 362 g/mol. The van der Waals surface area contributed by atoms with Crippen LogP contribution >= 0.6 is 11.8 Å². The molecule has 0 aromatic carbocycles. The smallest absolute Gasteiger partial charge is 0.317 e. The highest BCUT2D eigenvalue weighted by atomic mass is 32.2. The van der Waals surface area contributed by atoms with E-state index in [1.165, 1.54) is 12.8 Å². The van der Waals surface area contributed by atoms with Crippen molar-refractivity contribution in [2.75, 3.05) is 38.5 Å². The predicted molar refractivity (Wildman–Crippen MR) is 107 cm³/mol. The van der Waals surface area contributed by atoms with Crippen LogP contribution in [0.15, 0.2) is 10.9 Å². The van der Waals surface area contributed by atoms with Crippen LogP contribution < -0.4 is 10.9 Å². The van der Waals surface area contributed by atoms with Gasteiger partial charge in [0.05, 0.1) is 12.2 Å². The number of fused-ring (bicyclic) bond motifs is 1. The molecule has 0 bridgehead atoms. The van der Waals surface area contributed by atoms with Gasteiger partial charge in [-0.25, -0.2) is 9.48 Å². The van der Waals surface area contributed by atoms with Gasteiger partial charge in [0.2, 0.25) is 0 Å². The number of thioether (sulfide) groups is 1. The van der Waals surface area contributed by atoms with Gasteiger partial charge in [-0.3, -0.25) is 9.69 Å². The molecule has 2 aliphatic heterocycles. The molecule has 148 valence electrons. The lowest BCUT2D eigenvalue weighted by atomic mass is 10.2. The van der Waals surface area contributed by atoms with Gasteiger partial charge in [0.15, 0.2) is 0 Å². The van der Waals surface area contributed by atoms with E-state index in [-0.39, 0.29) is 11.6 Å². The standard InChI is InChI=1S/C19H29N5O2S/c25-18-13-15-14-27-12-5-17(15)21-24(18)11-8-22-6-9-23(10-7-22)19(26)20-16-3-1-2-4-16/h13,16H,1-12,14H2,(H,20,26). The van der Waals surface area contributed by atoms with Crippen LogP contribution in [0.2, 0.25) is 0 Å². The quantitative estimate of drug-likeness (QED) is 0.838. The average Bonchev–Trinajstić information content (AvgIpc) is 3.19. The van der Waals surface area contributed by atoms with Crippen molar-refractivity contribution in [3.8, 4) is 0 Å². The van der Waals surface area contributed by atoms with Crippen molar-refractivity contribution in [1.29, 1.82) is 0 Å². The van der Waals surface area contributed by atoms with Crippen molar-refractivity contribution in [2.24, 2.45) is 0 Å². The van der Waals surface area contributed by atoms with E-state index in [0.29, 0.717) is 12.6 Å². The zero-order chi connectivity index (χ0) is 18.6. The molecule has 0 radical (unpaired) electrons.